The van der Waals surface area contributed by atoms with Gasteiger partial charge in [0, 0.05) is 17.9 Å². The van der Waals surface area contributed by atoms with Crippen molar-refractivity contribution in [2.75, 3.05) is 25.5 Å². The van der Waals surface area contributed by atoms with Crippen LogP contribution in [0, 0.1) is 6.92 Å². The van der Waals surface area contributed by atoms with Gasteiger partial charge in [-0.3, -0.25) is 9.69 Å². The predicted molar refractivity (Wildman–Crippen MR) is 110 cm³/mol. The molecule has 1 saturated heterocycles. The van der Waals surface area contributed by atoms with E-state index in [2.05, 4.69) is 21.3 Å². The second-order valence-electron chi connectivity index (χ2n) is 7.31. The van der Waals surface area contributed by atoms with Crippen LogP contribution in [0.25, 0.3) is 0 Å². The molecule has 2 aromatic rings. The van der Waals surface area contributed by atoms with Crippen molar-refractivity contribution in [3.8, 4) is 0 Å². The van der Waals surface area contributed by atoms with Crippen LogP contribution in [-0.4, -0.2) is 42.0 Å². The van der Waals surface area contributed by atoms with E-state index in [4.69, 9.17) is 4.74 Å². The number of amides is 1. The maximum Gasteiger partial charge on any atom is 0.339 e. The number of aromatic amines is 1. The summed E-state index contributed by atoms with van der Waals surface area (Å²) >= 11 is 0. The number of H-pyrrole nitrogens is 1. The minimum absolute atomic E-state index is 0.252. The van der Waals surface area contributed by atoms with Gasteiger partial charge in [-0.2, -0.15) is 0 Å². The molecule has 1 aromatic heterocycles. The SMILES string of the molecule is CCc1[nH]c(C(=O)Nc2cccc(CN3CCCCC3)c2)c(C)c1C(=O)OC. The molecule has 0 radical (unpaired) electrons. The Kier molecular flexibility index (Phi) is 6.52. The third-order valence-electron chi connectivity index (χ3n) is 5.34. The third kappa shape index (κ3) is 4.44. The fourth-order valence-corrected chi connectivity index (χ4v) is 3.85. The number of anilines is 1. The van der Waals surface area contributed by atoms with Crippen molar-refractivity contribution in [1.29, 1.82) is 0 Å². The monoisotopic (exact) mass is 383 g/mol. The highest BCUT2D eigenvalue weighted by atomic mass is 16.5. The molecule has 1 amide bonds. The average molecular weight is 383 g/mol. The summed E-state index contributed by atoms with van der Waals surface area (Å²) < 4.78 is 4.86. The lowest BCUT2D eigenvalue weighted by atomic mass is 10.1. The number of likely N-dealkylation sites (tertiary alicyclic amines) is 1. The summed E-state index contributed by atoms with van der Waals surface area (Å²) in [4.78, 5) is 30.4. The van der Waals surface area contributed by atoms with Gasteiger partial charge in [0.2, 0.25) is 0 Å². The van der Waals surface area contributed by atoms with Gasteiger partial charge >= 0.3 is 5.97 Å². The molecule has 1 aliphatic rings. The third-order valence-corrected chi connectivity index (χ3v) is 5.34. The summed E-state index contributed by atoms with van der Waals surface area (Å²) in [5, 5.41) is 2.96. The topological polar surface area (TPSA) is 74.4 Å². The van der Waals surface area contributed by atoms with Crippen molar-refractivity contribution in [3.63, 3.8) is 0 Å². The van der Waals surface area contributed by atoms with Crippen molar-refractivity contribution in [2.45, 2.75) is 46.1 Å². The minimum atomic E-state index is -0.423. The molecule has 3 rings (SSSR count). The number of carbonyl (C=O) groups is 2. The highest BCUT2D eigenvalue weighted by molar-refractivity contribution is 6.06. The molecule has 1 fully saturated rings. The van der Waals surface area contributed by atoms with Crippen molar-refractivity contribution in [1.82, 2.24) is 9.88 Å². The summed E-state index contributed by atoms with van der Waals surface area (Å²) in [6.45, 7) is 6.87. The van der Waals surface area contributed by atoms with Crippen LogP contribution in [0.1, 0.15) is 63.9 Å². The van der Waals surface area contributed by atoms with Gasteiger partial charge in [0.1, 0.15) is 5.69 Å². The molecule has 0 unspecified atom stereocenters. The highest BCUT2D eigenvalue weighted by Crippen LogP contribution is 2.22. The van der Waals surface area contributed by atoms with E-state index in [9.17, 15) is 9.59 Å². The Morgan fingerprint density at radius 1 is 1.21 bits per heavy atom. The number of nitrogens with one attached hydrogen (secondary N) is 2. The first-order valence-corrected chi connectivity index (χ1v) is 9.95. The summed E-state index contributed by atoms with van der Waals surface area (Å²) in [5.74, 6) is -0.675. The van der Waals surface area contributed by atoms with E-state index in [1.54, 1.807) is 6.92 Å². The van der Waals surface area contributed by atoms with Crippen LogP contribution in [-0.2, 0) is 17.7 Å². The lowest BCUT2D eigenvalue weighted by Crippen LogP contribution is -2.29. The summed E-state index contributed by atoms with van der Waals surface area (Å²) in [7, 11) is 1.35. The Morgan fingerprint density at radius 2 is 1.96 bits per heavy atom. The first-order chi connectivity index (χ1) is 13.5. The first-order valence-electron chi connectivity index (χ1n) is 9.95. The fraction of sp³-hybridized carbons (Fsp3) is 0.455. The zero-order valence-corrected chi connectivity index (χ0v) is 16.9. The molecular weight excluding hydrogens is 354 g/mol. The lowest BCUT2D eigenvalue weighted by molar-refractivity contribution is 0.0599. The maximum absolute atomic E-state index is 12.8. The molecule has 28 heavy (non-hydrogen) atoms. The normalized spacial score (nSPS) is 14.7. The molecule has 1 aliphatic heterocycles. The Morgan fingerprint density at radius 3 is 2.64 bits per heavy atom. The lowest BCUT2D eigenvalue weighted by Gasteiger charge is -2.26. The van der Waals surface area contributed by atoms with Gasteiger partial charge in [-0.25, -0.2) is 4.79 Å². The van der Waals surface area contributed by atoms with Crippen LogP contribution in [0.15, 0.2) is 24.3 Å². The number of aromatic nitrogens is 1. The molecule has 150 valence electrons. The predicted octanol–water partition coefficient (Wildman–Crippen LogP) is 3.91. The average Bonchev–Trinajstić information content (AvgIpc) is 3.05. The van der Waals surface area contributed by atoms with E-state index >= 15 is 0 Å². The van der Waals surface area contributed by atoms with E-state index in [1.165, 1.54) is 31.9 Å². The highest BCUT2D eigenvalue weighted by Gasteiger charge is 2.23. The smallest absolute Gasteiger partial charge is 0.339 e. The van der Waals surface area contributed by atoms with Gasteiger partial charge in [-0.05, 0) is 62.5 Å². The van der Waals surface area contributed by atoms with Gasteiger partial charge in [-0.1, -0.05) is 25.5 Å². The van der Waals surface area contributed by atoms with Gasteiger partial charge in [-0.15, -0.1) is 0 Å². The van der Waals surface area contributed by atoms with Gasteiger partial charge in [0.05, 0.1) is 12.7 Å². The second kappa shape index (κ2) is 9.06. The fourth-order valence-electron chi connectivity index (χ4n) is 3.85. The van der Waals surface area contributed by atoms with E-state index in [1.807, 2.05) is 25.1 Å². The number of esters is 1. The number of ether oxygens (including phenoxy) is 1. The summed E-state index contributed by atoms with van der Waals surface area (Å²) in [6.07, 6.45) is 4.44. The van der Waals surface area contributed by atoms with Crippen LogP contribution in [0.2, 0.25) is 0 Å². The van der Waals surface area contributed by atoms with Crippen molar-refractivity contribution in [3.05, 3.63) is 52.3 Å². The molecule has 6 nitrogen and oxygen atoms in total. The number of rotatable bonds is 6. The number of hydrogen-bond donors (Lipinski definition) is 2. The Labute approximate surface area is 166 Å². The van der Waals surface area contributed by atoms with Gasteiger partial charge < -0.3 is 15.0 Å². The molecule has 1 aromatic carbocycles. The number of piperidine rings is 1. The molecule has 6 heteroatoms. The van der Waals surface area contributed by atoms with Crippen LogP contribution in [0.4, 0.5) is 5.69 Å². The van der Waals surface area contributed by atoms with Crippen LogP contribution < -0.4 is 5.32 Å². The standard InChI is InChI=1S/C22H29N3O3/c1-4-18-19(22(27)28-3)15(2)20(24-18)21(26)23-17-10-8-9-16(13-17)14-25-11-6-5-7-12-25/h8-10,13,24H,4-7,11-12,14H2,1-3H3,(H,23,26). The van der Waals surface area contributed by atoms with E-state index < -0.39 is 5.97 Å². The van der Waals surface area contributed by atoms with Gasteiger partial charge in [0.25, 0.3) is 5.91 Å². The summed E-state index contributed by atoms with van der Waals surface area (Å²) in [5.41, 5.74) is 4.13. The number of nitrogens with zero attached hydrogens (tertiary/aromatic N) is 1. The zero-order valence-electron chi connectivity index (χ0n) is 16.9. The largest absolute Gasteiger partial charge is 0.465 e. The number of methoxy groups -OCH3 is 1. The van der Waals surface area contributed by atoms with E-state index in [0.29, 0.717) is 28.9 Å². The van der Waals surface area contributed by atoms with Crippen LogP contribution in [0.5, 0.6) is 0 Å². The molecule has 0 saturated carbocycles. The van der Waals surface area contributed by atoms with Crippen molar-refractivity contribution < 1.29 is 14.3 Å². The molecule has 0 atom stereocenters. The van der Waals surface area contributed by atoms with E-state index in [-0.39, 0.29) is 5.91 Å². The maximum atomic E-state index is 12.8. The number of benzene rings is 1. The van der Waals surface area contributed by atoms with Crippen LogP contribution >= 0.6 is 0 Å². The van der Waals surface area contributed by atoms with Crippen LogP contribution in [0.3, 0.4) is 0 Å². The van der Waals surface area contributed by atoms with Gasteiger partial charge in [0.15, 0.2) is 0 Å². The molecule has 0 aliphatic carbocycles. The molecule has 0 bridgehead atoms. The quantitative estimate of drug-likeness (QED) is 0.742. The second-order valence-corrected chi connectivity index (χ2v) is 7.31. The summed E-state index contributed by atoms with van der Waals surface area (Å²) in [6, 6.07) is 7.97. The first kappa shape index (κ1) is 20.1. The molecule has 2 heterocycles. The molecule has 0 spiro atoms. The van der Waals surface area contributed by atoms with E-state index in [0.717, 1.165) is 25.3 Å². The number of hydrogen-bond acceptors (Lipinski definition) is 4. The number of carbonyl (C=O) groups excluding carboxylic acids is 2. The molecular formula is C22H29N3O3. The number of aryl methyl sites for hydroxylation is 1. The Bertz CT molecular complexity index is 851. The Hall–Kier alpha value is -2.60. The van der Waals surface area contributed by atoms with Crippen molar-refractivity contribution in [2.24, 2.45) is 0 Å². The zero-order chi connectivity index (χ0) is 20.1. The molecule has 2 N–H and O–H groups in total. The van der Waals surface area contributed by atoms with Crippen molar-refractivity contribution >= 4 is 17.6 Å². The minimum Gasteiger partial charge on any atom is -0.465 e. The Balaban J connectivity index is 1.75.